The number of rotatable bonds is 0. The van der Waals surface area contributed by atoms with Gasteiger partial charge in [-0.15, -0.1) is 11.3 Å². The molecule has 0 atom stereocenters. The second-order valence-corrected chi connectivity index (χ2v) is 2.38. The van der Waals surface area contributed by atoms with Gasteiger partial charge in [0.2, 0.25) is 0 Å². The monoisotopic (exact) mass is 123 g/mol. The SMILES string of the molecule is [c]1[nH]nc2sccc12. The van der Waals surface area contributed by atoms with Gasteiger partial charge >= 0.3 is 0 Å². The van der Waals surface area contributed by atoms with Crippen LogP contribution in [0.2, 0.25) is 0 Å². The van der Waals surface area contributed by atoms with Crippen molar-refractivity contribution in [3.05, 3.63) is 17.6 Å². The van der Waals surface area contributed by atoms with Crippen LogP contribution in [0.3, 0.4) is 0 Å². The van der Waals surface area contributed by atoms with Gasteiger partial charge in [-0.05, 0) is 11.4 Å². The minimum atomic E-state index is 1.03. The van der Waals surface area contributed by atoms with Crippen LogP contribution in [0.1, 0.15) is 0 Å². The number of H-pyrrole nitrogens is 1. The molecular weight excluding hydrogens is 120 g/mol. The highest BCUT2D eigenvalue weighted by molar-refractivity contribution is 7.16. The number of hydrogen-bond donors (Lipinski definition) is 1. The van der Waals surface area contributed by atoms with Crippen LogP contribution in [0.5, 0.6) is 0 Å². The maximum atomic E-state index is 3.92. The van der Waals surface area contributed by atoms with Crippen LogP contribution in [-0.4, -0.2) is 10.2 Å². The van der Waals surface area contributed by atoms with E-state index in [0.717, 1.165) is 10.2 Å². The van der Waals surface area contributed by atoms with Gasteiger partial charge in [-0.1, -0.05) is 0 Å². The van der Waals surface area contributed by atoms with Gasteiger partial charge in [0, 0.05) is 5.39 Å². The highest BCUT2D eigenvalue weighted by atomic mass is 32.1. The summed E-state index contributed by atoms with van der Waals surface area (Å²) in [7, 11) is 0. The molecule has 0 amide bonds. The standard InChI is InChI=1S/C5H3N2S/c1-2-8-5-4(1)3-6-7-5/h1-2H,(H,6,7). The normalized spacial score (nSPS) is 10.5. The Bertz CT molecular complexity index is 232. The molecule has 2 aromatic rings. The zero-order valence-corrected chi connectivity index (χ0v) is 4.83. The summed E-state index contributed by atoms with van der Waals surface area (Å²) in [6, 6.07) is 1.99. The first-order valence-corrected chi connectivity index (χ1v) is 3.14. The molecule has 2 nitrogen and oxygen atoms in total. The van der Waals surface area contributed by atoms with Crippen molar-refractivity contribution in [2.24, 2.45) is 0 Å². The number of nitrogens with one attached hydrogen (secondary N) is 1. The molecule has 0 bridgehead atoms. The summed E-state index contributed by atoms with van der Waals surface area (Å²) < 4.78 is 0. The number of fused-ring (bicyclic) bond motifs is 1. The van der Waals surface area contributed by atoms with Crippen molar-refractivity contribution >= 4 is 21.6 Å². The van der Waals surface area contributed by atoms with Crippen molar-refractivity contribution in [3.8, 4) is 0 Å². The van der Waals surface area contributed by atoms with Crippen LogP contribution in [0.4, 0.5) is 0 Å². The Balaban J connectivity index is 3.06. The van der Waals surface area contributed by atoms with Gasteiger partial charge < -0.3 is 0 Å². The first kappa shape index (κ1) is 4.09. The fourth-order valence-electron chi connectivity index (χ4n) is 0.622. The van der Waals surface area contributed by atoms with Crippen LogP contribution in [0.25, 0.3) is 10.2 Å². The summed E-state index contributed by atoms with van der Waals surface area (Å²) >= 11 is 1.62. The maximum absolute atomic E-state index is 3.92. The third-order valence-electron chi connectivity index (χ3n) is 0.993. The van der Waals surface area contributed by atoms with Gasteiger partial charge in [-0.3, -0.25) is 5.10 Å². The third-order valence-corrected chi connectivity index (χ3v) is 1.80. The van der Waals surface area contributed by atoms with Crippen LogP contribution in [0.15, 0.2) is 11.4 Å². The minimum absolute atomic E-state index is 1.03. The molecule has 2 heterocycles. The Labute approximate surface area is 50.2 Å². The zero-order chi connectivity index (χ0) is 5.40. The average molecular weight is 123 g/mol. The van der Waals surface area contributed by atoms with Crippen LogP contribution >= 0.6 is 11.3 Å². The molecule has 0 aliphatic carbocycles. The van der Waals surface area contributed by atoms with Crippen molar-refractivity contribution in [1.29, 1.82) is 0 Å². The highest BCUT2D eigenvalue weighted by Crippen LogP contribution is 2.15. The summed E-state index contributed by atoms with van der Waals surface area (Å²) in [6.45, 7) is 0. The van der Waals surface area contributed by atoms with E-state index in [1.165, 1.54) is 0 Å². The van der Waals surface area contributed by atoms with Gasteiger partial charge in [0.25, 0.3) is 0 Å². The molecule has 1 radical (unpaired) electrons. The number of aromatic amines is 1. The number of thiophene rings is 1. The maximum Gasteiger partial charge on any atom is 0.145 e. The summed E-state index contributed by atoms with van der Waals surface area (Å²) in [4.78, 5) is 1.03. The molecule has 0 spiro atoms. The predicted octanol–water partition coefficient (Wildman–Crippen LogP) is 1.42. The fourth-order valence-corrected chi connectivity index (χ4v) is 1.30. The Morgan fingerprint density at radius 1 is 1.75 bits per heavy atom. The molecule has 0 aromatic carbocycles. The fraction of sp³-hybridized carbons (Fsp3) is 0. The van der Waals surface area contributed by atoms with E-state index in [-0.39, 0.29) is 0 Å². The molecule has 0 aliphatic heterocycles. The second-order valence-electron chi connectivity index (χ2n) is 1.49. The summed E-state index contributed by atoms with van der Waals surface area (Å²) in [5.74, 6) is 0. The van der Waals surface area contributed by atoms with Gasteiger partial charge in [-0.2, -0.15) is 5.10 Å². The lowest BCUT2D eigenvalue weighted by atomic mass is 10.5. The Morgan fingerprint density at radius 2 is 2.75 bits per heavy atom. The number of aromatic nitrogens is 2. The molecule has 1 N–H and O–H groups in total. The minimum Gasteiger partial charge on any atom is -0.274 e. The molecule has 0 unspecified atom stereocenters. The van der Waals surface area contributed by atoms with Crippen molar-refractivity contribution in [1.82, 2.24) is 10.2 Å². The molecule has 0 saturated carbocycles. The number of nitrogens with zero attached hydrogens (tertiary/aromatic N) is 1. The molecule has 2 aromatic heterocycles. The van der Waals surface area contributed by atoms with E-state index >= 15 is 0 Å². The molecule has 3 heteroatoms. The van der Waals surface area contributed by atoms with Gasteiger partial charge in [0.05, 0.1) is 6.20 Å². The van der Waals surface area contributed by atoms with Gasteiger partial charge in [-0.25, -0.2) is 0 Å². The average Bonchev–Trinajstić information content (AvgIpc) is 2.15. The Kier molecular flexibility index (Phi) is 0.676. The molecule has 8 heavy (non-hydrogen) atoms. The van der Waals surface area contributed by atoms with E-state index in [1.807, 2.05) is 11.4 Å². The number of hydrogen-bond acceptors (Lipinski definition) is 2. The lowest BCUT2D eigenvalue weighted by molar-refractivity contribution is 1.12. The Hall–Kier alpha value is -0.830. The summed E-state index contributed by atoms with van der Waals surface area (Å²) in [5, 5.41) is 9.65. The lowest BCUT2D eigenvalue weighted by Crippen LogP contribution is -1.57. The van der Waals surface area contributed by atoms with Crippen LogP contribution in [0, 0.1) is 6.20 Å². The quantitative estimate of drug-likeness (QED) is 0.564. The molecule has 39 valence electrons. The van der Waals surface area contributed by atoms with Crippen LogP contribution < -0.4 is 0 Å². The molecule has 0 fully saturated rings. The van der Waals surface area contributed by atoms with E-state index in [2.05, 4.69) is 16.4 Å². The highest BCUT2D eigenvalue weighted by Gasteiger charge is 1.92. The Morgan fingerprint density at radius 3 is 3.62 bits per heavy atom. The zero-order valence-electron chi connectivity index (χ0n) is 4.01. The van der Waals surface area contributed by atoms with Crippen molar-refractivity contribution in [2.45, 2.75) is 0 Å². The van der Waals surface area contributed by atoms with Crippen molar-refractivity contribution < 1.29 is 0 Å². The smallest absolute Gasteiger partial charge is 0.145 e. The van der Waals surface area contributed by atoms with Crippen LogP contribution in [-0.2, 0) is 0 Å². The molecule has 2 rings (SSSR count). The second kappa shape index (κ2) is 1.32. The molecule has 0 saturated heterocycles. The largest absolute Gasteiger partial charge is 0.274 e. The van der Waals surface area contributed by atoms with Crippen molar-refractivity contribution in [3.63, 3.8) is 0 Å². The van der Waals surface area contributed by atoms with E-state index < -0.39 is 0 Å². The van der Waals surface area contributed by atoms with E-state index in [4.69, 9.17) is 0 Å². The first-order valence-electron chi connectivity index (χ1n) is 2.26. The van der Waals surface area contributed by atoms with Crippen molar-refractivity contribution in [2.75, 3.05) is 0 Å². The molecule has 0 aliphatic rings. The van der Waals surface area contributed by atoms with Gasteiger partial charge in [0.15, 0.2) is 0 Å². The van der Waals surface area contributed by atoms with E-state index in [0.29, 0.717) is 0 Å². The lowest BCUT2D eigenvalue weighted by Gasteiger charge is -1.61. The topological polar surface area (TPSA) is 28.7 Å². The summed E-state index contributed by atoms with van der Waals surface area (Å²) in [6.07, 6.45) is 2.87. The third kappa shape index (κ3) is 0.391. The predicted molar refractivity (Wildman–Crippen MR) is 32.8 cm³/mol. The van der Waals surface area contributed by atoms with E-state index in [9.17, 15) is 0 Å². The first-order chi connectivity index (χ1) is 3.97. The van der Waals surface area contributed by atoms with E-state index in [1.54, 1.807) is 11.3 Å². The summed E-state index contributed by atoms with van der Waals surface area (Å²) in [5.41, 5.74) is 0. The van der Waals surface area contributed by atoms with Gasteiger partial charge in [0.1, 0.15) is 4.83 Å². The molecular formula is C5H3N2S.